The first-order valence-electron chi connectivity index (χ1n) is 12.1. The monoisotopic (exact) mass is 490 g/mol. The highest BCUT2D eigenvalue weighted by molar-refractivity contribution is 7.89. The van der Waals surface area contributed by atoms with E-state index in [1.807, 2.05) is 18.2 Å². The number of hydrogen-bond acceptors (Lipinski definition) is 4. The number of aromatic nitrogens is 1. The Bertz CT molecular complexity index is 1390. The normalized spacial score (nSPS) is 15.4. The molecule has 2 heterocycles. The summed E-state index contributed by atoms with van der Waals surface area (Å²) >= 11 is 0. The lowest BCUT2D eigenvalue weighted by Crippen LogP contribution is -2.39. The Labute approximate surface area is 206 Å². The SMILES string of the molecule is O=S(=O)(CCCOc1ccccc1O)N1CCC(c2c[nH]c3ccc(-c4ccccc4)cc23)CC1. The van der Waals surface area contributed by atoms with E-state index in [0.29, 0.717) is 31.2 Å². The minimum absolute atomic E-state index is 0.0405. The van der Waals surface area contributed by atoms with Gasteiger partial charge in [-0.1, -0.05) is 48.5 Å². The lowest BCUT2D eigenvalue weighted by molar-refractivity contribution is 0.295. The second-order valence-electron chi connectivity index (χ2n) is 9.03. The van der Waals surface area contributed by atoms with Crippen molar-refractivity contribution in [2.75, 3.05) is 25.4 Å². The molecule has 0 unspecified atom stereocenters. The number of piperidine rings is 1. The number of rotatable bonds is 8. The predicted octanol–water partition coefficient (Wildman–Crippen LogP) is 5.52. The number of nitrogens with one attached hydrogen (secondary N) is 1. The van der Waals surface area contributed by atoms with Gasteiger partial charge in [0.15, 0.2) is 11.5 Å². The van der Waals surface area contributed by atoms with Gasteiger partial charge >= 0.3 is 0 Å². The van der Waals surface area contributed by atoms with E-state index >= 15 is 0 Å². The molecule has 0 bridgehead atoms. The van der Waals surface area contributed by atoms with Crippen LogP contribution in [0.5, 0.6) is 11.5 Å². The summed E-state index contributed by atoms with van der Waals surface area (Å²) in [4.78, 5) is 3.39. The van der Waals surface area contributed by atoms with Gasteiger partial charge in [-0.05, 0) is 66.1 Å². The van der Waals surface area contributed by atoms with E-state index in [1.54, 1.807) is 28.6 Å². The van der Waals surface area contributed by atoms with Crippen LogP contribution in [-0.2, 0) is 10.0 Å². The largest absolute Gasteiger partial charge is 0.504 e. The number of hydrogen-bond donors (Lipinski definition) is 2. The van der Waals surface area contributed by atoms with E-state index in [2.05, 4.69) is 41.5 Å². The van der Waals surface area contributed by atoms with E-state index in [-0.39, 0.29) is 18.1 Å². The maximum absolute atomic E-state index is 12.9. The molecule has 1 aliphatic heterocycles. The molecule has 0 amide bonds. The summed E-state index contributed by atoms with van der Waals surface area (Å²) in [6.45, 7) is 1.29. The molecule has 1 aliphatic rings. The highest BCUT2D eigenvalue weighted by Gasteiger charge is 2.29. The number of H-pyrrole nitrogens is 1. The molecule has 6 nitrogen and oxygen atoms in total. The van der Waals surface area contributed by atoms with Crippen molar-refractivity contribution in [1.82, 2.24) is 9.29 Å². The van der Waals surface area contributed by atoms with Crippen LogP contribution in [0.4, 0.5) is 0 Å². The second-order valence-corrected chi connectivity index (χ2v) is 11.1. The Morgan fingerprint density at radius 1 is 0.943 bits per heavy atom. The van der Waals surface area contributed by atoms with E-state index in [1.165, 1.54) is 22.1 Å². The molecule has 7 heteroatoms. The smallest absolute Gasteiger partial charge is 0.214 e. The van der Waals surface area contributed by atoms with Gasteiger partial charge in [0.25, 0.3) is 0 Å². The fourth-order valence-corrected chi connectivity index (χ4v) is 6.37. The van der Waals surface area contributed by atoms with Crippen molar-refractivity contribution in [3.8, 4) is 22.6 Å². The van der Waals surface area contributed by atoms with Crippen LogP contribution in [0.15, 0.2) is 79.0 Å². The Morgan fingerprint density at radius 2 is 1.69 bits per heavy atom. The van der Waals surface area contributed by atoms with Crippen molar-refractivity contribution in [3.63, 3.8) is 0 Å². The first kappa shape index (κ1) is 23.5. The van der Waals surface area contributed by atoms with E-state index in [4.69, 9.17) is 4.74 Å². The molecule has 0 atom stereocenters. The van der Waals surface area contributed by atoms with Gasteiger partial charge in [0.1, 0.15) is 0 Å². The zero-order chi connectivity index (χ0) is 24.3. The molecule has 0 saturated carbocycles. The summed E-state index contributed by atoms with van der Waals surface area (Å²) in [5, 5.41) is 11.0. The number of sulfonamides is 1. The fraction of sp³-hybridized carbons (Fsp3) is 0.286. The van der Waals surface area contributed by atoms with Gasteiger partial charge in [-0.2, -0.15) is 0 Å². The third-order valence-corrected chi connectivity index (χ3v) is 8.73. The summed E-state index contributed by atoms with van der Waals surface area (Å²) in [5.41, 5.74) is 4.75. The van der Waals surface area contributed by atoms with Crippen molar-refractivity contribution < 1.29 is 18.3 Å². The van der Waals surface area contributed by atoms with Gasteiger partial charge in [0.05, 0.1) is 12.4 Å². The second kappa shape index (κ2) is 10.1. The van der Waals surface area contributed by atoms with Gasteiger partial charge < -0.3 is 14.8 Å². The number of para-hydroxylation sites is 2. The predicted molar refractivity (Wildman–Crippen MR) is 139 cm³/mol. The quantitative estimate of drug-likeness (QED) is 0.319. The van der Waals surface area contributed by atoms with Crippen molar-refractivity contribution in [1.29, 1.82) is 0 Å². The summed E-state index contributed by atoms with van der Waals surface area (Å²) in [7, 11) is -3.34. The fourth-order valence-electron chi connectivity index (χ4n) is 4.87. The van der Waals surface area contributed by atoms with E-state index < -0.39 is 10.0 Å². The number of phenolic OH excluding ortho intramolecular Hbond substituents is 1. The molecule has 5 rings (SSSR count). The first-order valence-corrected chi connectivity index (χ1v) is 13.7. The molecular weight excluding hydrogens is 460 g/mol. The van der Waals surface area contributed by atoms with E-state index in [0.717, 1.165) is 18.4 Å². The molecule has 1 saturated heterocycles. The number of phenols is 1. The molecule has 182 valence electrons. The Morgan fingerprint density at radius 3 is 2.46 bits per heavy atom. The maximum atomic E-state index is 12.9. The van der Waals surface area contributed by atoms with Crippen LogP contribution in [-0.4, -0.2) is 48.3 Å². The highest BCUT2D eigenvalue weighted by Crippen LogP contribution is 2.36. The molecule has 4 aromatic rings. The Kier molecular flexibility index (Phi) is 6.79. The summed E-state index contributed by atoms with van der Waals surface area (Å²) in [6.07, 6.45) is 4.07. The standard InChI is InChI=1S/C28H30N2O4S/c31-27-9-4-5-10-28(27)34-17-6-18-35(32,33)30-15-13-22(14-16-30)25-20-29-26-12-11-23(19-24(25)26)21-7-2-1-3-8-21/h1-5,7-12,19-20,22,29,31H,6,13-18H2. The van der Waals surface area contributed by atoms with Crippen LogP contribution in [0.2, 0.25) is 0 Å². The first-order chi connectivity index (χ1) is 17.0. The summed E-state index contributed by atoms with van der Waals surface area (Å²) in [5.74, 6) is 0.801. The topological polar surface area (TPSA) is 82.6 Å². The summed E-state index contributed by atoms with van der Waals surface area (Å²) < 4.78 is 32.9. The molecule has 0 aliphatic carbocycles. The lowest BCUT2D eigenvalue weighted by atomic mass is 9.89. The van der Waals surface area contributed by atoms with Crippen LogP contribution in [0.3, 0.4) is 0 Å². The van der Waals surface area contributed by atoms with Crippen LogP contribution in [0, 0.1) is 0 Å². The molecule has 1 aromatic heterocycles. The Hall–Kier alpha value is -3.29. The average Bonchev–Trinajstić information content (AvgIpc) is 3.31. The van der Waals surface area contributed by atoms with Crippen molar-refractivity contribution in [2.24, 2.45) is 0 Å². The van der Waals surface area contributed by atoms with E-state index in [9.17, 15) is 13.5 Å². The van der Waals surface area contributed by atoms with Gasteiger partial charge in [0.2, 0.25) is 10.0 Å². The maximum Gasteiger partial charge on any atom is 0.214 e. The molecule has 35 heavy (non-hydrogen) atoms. The Balaban J connectivity index is 1.19. The molecule has 0 spiro atoms. The van der Waals surface area contributed by atoms with Crippen LogP contribution in [0.25, 0.3) is 22.0 Å². The lowest BCUT2D eigenvalue weighted by Gasteiger charge is -2.31. The number of ether oxygens (including phenoxy) is 1. The van der Waals surface area contributed by atoms with Crippen LogP contribution >= 0.6 is 0 Å². The molecule has 1 fully saturated rings. The van der Waals surface area contributed by atoms with Crippen molar-refractivity contribution in [3.05, 3.63) is 84.6 Å². The number of benzene rings is 3. The minimum Gasteiger partial charge on any atom is -0.504 e. The number of aromatic amines is 1. The summed E-state index contributed by atoms with van der Waals surface area (Å²) in [6, 6.07) is 23.5. The molecule has 2 N–H and O–H groups in total. The average molecular weight is 491 g/mol. The van der Waals surface area contributed by atoms with Crippen LogP contribution < -0.4 is 4.74 Å². The minimum atomic E-state index is -3.34. The number of fused-ring (bicyclic) bond motifs is 1. The van der Waals surface area contributed by atoms with Gasteiger partial charge in [-0.15, -0.1) is 0 Å². The zero-order valence-corrected chi connectivity index (χ0v) is 20.4. The van der Waals surface area contributed by atoms with Gasteiger partial charge in [-0.25, -0.2) is 12.7 Å². The van der Waals surface area contributed by atoms with Crippen LogP contribution in [0.1, 0.15) is 30.7 Å². The number of nitrogens with zero attached hydrogens (tertiary/aromatic N) is 1. The van der Waals surface area contributed by atoms with Crippen molar-refractivity contribution in [2.45, 2.75) is 25.2 Å². The zero-order valence-electron chi connectivity index (χ0n) is 19.6. The highest BCUT2D eigenvalue weighted by atomic mass is 32.2. The van der Waals surface area contributed by atoms with Crippen molar-refractivity contribution >= 4 is 20.9 Å². The van der Waals surface area contributed by atoms with Gasteiger partial charge in [-0.3, -0.25) is 0 Å². The van der Waals surface area contributed by atoms with Gasteiger partial charge in [0, 0.05) is 30.2 Å². The third kappa shape index (κ3) is 5.21. The molecule has 3 aromatic carbocycles. The number of aromatic hydroxyl groups is 1. The molecular formula is C28H30N2O4S. The molecule has 0 radical (unpaired) electrons. The third-order valence-electron chi connectivity index (χ3n) is 6.78.